The summed E-state index contributed by atoms with van der Waals surface area (Å²) >= 11 is 18.9. The van der Waals surface area contributed by atoms with Crippen molar-refractivity contribution in [3.05, 3.63) is 105 Å². The van der Waals surface area contributed by atoms with Crippen molar-refractivity contribution in [1.29, 1.82) is 0 Å². The van der Waals surface area contributed by atoms with Crippen molar-refractivity contribution < 1.29 is 8.81 Å². The average molecular weight is 554 g/mol. The normalized spacial score (nSPS) is 14.2. The van der Waals surface area contributed by atoms with E-state index in [1.165, 1.54) is 6.07 Å². The fraction of sp³-hybridized carbons (Fsp3) is 0.179. The Morgan fingerprint density at radius 3 is 2.35 bits per heavy atom. The number of aromatic nitrogens is 4. The molecule has 1 saturated carbocycles. The van der Waals surface area contributed by atoms with Crippen LogP contribution in [0.4, 0.5) is 4.39 Å². The molecule has 0 radical (unpaired) electrons. The van der Waals surface area contributed by atoms with Crippen LogP contribution in [0.15, 0.2) is 71.1 Å². The van der Waals surface area contributed by atoms with Crippen LogP contribution in [0.1, 0.15) is 36.8 Å². The van der Waals surface area contributed by atoms with Crippen LogP contribution in [0.2, 0.25) is 15.1 Å². The van der Waals surface area contributed by atoms with Gasteiger partial charge in [-0.1, -0.05) is 72.1 Å². The van der Waals surface area contributed by atoms with Gasteiger partial charge in [0.25, 0.3) is 5.89 Å². The molecule has 2 aromatic heterocycles. The van der Waals surface area contributed by atoms with Gasteiger partial charge in [0.15, 0.2) is 5.69 Å². The Bertz CT molecular complexity index is 1620. The number of halogens is 4. The molecule has 6 rings (SSSR count). The van der Waals surface area contributed by atoms with E-state index in [2.05, 4.69) is 10.2 Å². The highest BCUT2D eigenvalue weighted by Crippen LogP contribution is 2.54. The Morgan fingerprint density at radius 1 is 0.946 bits per heavy atom. The molecule has 0 unspecified atom stereocenters. The van der Waals surface area contributed by atoms with Gasteiger partial charge in [-0.25, -0.2) is 9.07 Å². The summed E-state index contributed by atoms with van der Waals surface area (Å²) < 4.78 is 22.6. The lowest BCUT2D eigenvalue weighted by Gasteiger charge is -2.11. The highest BCUT2D eigenvalue weighted by atomic mass is 35.5. The highest BCUT2D eigenvalue weighted by molar-refractivity contribution is 6.35. The summed E-state index contributed by atoms with van der Waals surface area (Å²) in [7, 11) is 0. The number of hydrogen-bond donors (Lipinski definition) is 0. The minimum atomic E-state index is -0.607. The molecule has 0 amide bonds. The molecule has 0 spiro atoms. The maximum atomic E-state index is 14.6. The number of benzene rings is 3. The molecule has 0 aliphatic heterocycles. The second-order valence-corrected chi connectivity index (χ2v) is 10.3. The molecule has 3 aromatic carbocycles. The van der Waals surface area contributed by atoms with Crippen molar-refractivity contribution in [2.45, 2.75) is 31.6 Å². The van der Waals surface area contributed by atoms with E-state index < -0.39 is 5.41 Å². The molecule has 1 aliphatic carbocycles. The molecule has 0 atom stereocenters. The van der Waals surface area contributed by atoms with E-state index >= 15 is 0 Å². The van der Waals surface area contributed by atoms with Crippen LogP contribution in [0, 0.1) is 5.82 Å². The zero-order valence-corrected chi connectivity index (χ0v) is 21.9. The molecule has 0 bridgehead atoms. The first-order valence-corrected chi connectivity index (χ1v) is 13.0. The minimum absolute atomic E-state index is 0.272. The summed E-state index contributed by atoms with van der Waals surface area (Å²) in [4.78, 5) is 0. The topological polar surface area (TPSA) is 56.7 Å². The monoisotopic (exact) mass is 552 g/mol. The number of rotatable bonds is 6. The lowest BCUT2D eigenvalue weighted by Crippen LogP contribution is -2.11. The van der Waals surface area contributed by atoms with Crippen LogP contribution in [0.5, 0.6) is 0 Å². The number of hydrogen-bond acceptors (Lipinski definition) is 4. The van der Waals surface area contributed by atoms with Gasteiger partial charge in [-0.3, -0.25) is 0 Å². The highest BCUT2D eigenvalue weighted by Gasteiger charge is 2.52. The predicted octanol–water partition coefficient (Wildman–Crippen LogP) is 8.33. The van der Waals surface area contributed by atoms with Crippen molar-refractivity contribution in [3.63, 3.8) is 0 Å². The summed E-state index contributed by atoms with van der Waals surface area (Å²) in [6.07, 6.45) is 2.11. The van der Waals surface area contributed by atoms with Gasteiger partial charge in [-0.05, 0) is 55.7 Å². The first kappa shape index (κ1) is 24.2. The van der Waals surface area contributed by atoms with Crippen molar-refractivity contribution in [2.24, 2.45) is 0 Å². The van der Waals surface area contributed by atoms with Gasteiger partial charge in [0.05, 0.1) is 21.8 Å². The summed E-state index contributed by atoms with van der Waals surface area (Å²) in [6.45, 7) is 2.03. The lowest BCUT2D eigenvalue weighted by molar-refractivity contribution is 0.460. The van der Waals surface area contributed by atoms with Gasteiger partial charge in [0.1, 0.15) is 5.82 Å². The lowest BCUT2D eigenvalue weighted by atomic mass is 9.95. The third kappa shape index (κ3) is 4.13. The summed E-state index contributed by atoms with van der Waals surface area (Å²) in [6, 6.07) is 19.5. The second kappa shape index (κ2) is 9.28. The average Bonchev–Trinajstić information content (AvgIpc) is 3.37. The first-order valence-electron chi connectivity index (χ1n) is 11.8. The van der Waals surface area contributed by atoms with Gasteiger partial charge in [-0.15, -0.1) is 10.2 Å². The van der Waals surface area contributed by atoms with Crippen LogP contribution < -0.4 is 0 Å². The zero-order valence-electron chi connectivity index (χ0n) is 19.7. The van der Waals surface area contributed by atoms with E-state index in [1.807, 2.05) is 43.3 Å². The van der Waals surface area contributed by atoms with Crippen LogP contribution in [-0.4, -0.2) is 20.0 Å². The summed E-state index contributed by atoms with van der Waals surface area (Å²) in [5.41, 5.74) is 3.79. The fourth-order valence-corrected chi connectivity index (χ4v) is 5.39. The SMILES string of the molecule is CCc1c(-c2nnc(C3(c4ccccc4F)CC3)o2)nn(-c2ccc(Cl)cc2Cl)c1-c1ccc(Cl)cc1. The molecule has 37 heavy (non-hydrogen) atoms. The maximum Gasteiger partial charge on any atom is 0.268 e. The second-order valence-electron chi connectivity index (χ2n) is 9.02. The largest absolute Gasteiger partial charge is 0.418 e. The van der Waals surface area contributed by atoms with Crippen molar-refractivity contribution in [3.8, 4) is 28.5 Å². The molecule has 1 fully saturated rings. The molecule has 1 aliphatic rings. The molecule has 186 valence electrons. The van der Waals surface area contributed by atoms with E-state index in [1.54, 1.807) is 28.9 Å². The quantitative estimate of drug-likeness (QED) is 0.212. The van der Waals surface area contributed by atoms with E-state index in [0.717, 1.165) is 29.7 Å². The minimum Gasteiger partial charge on any atom is -0.418 e. The first-order chi connectivity index (χ1) is 17.9. The van der Waals surface area contributed by atoms with Gasteiger partial charge in [0.2, 0.25) is 5.89 Å². The summed E-state index contributed by atoms with van der Waals surface area (Å²) in [5, 5.41) is 15.2. The zero-order chi connectivity index (χ0) is 25.7. The smallest absolute Gasteiger partial charge is 0.268 e. The maximum absolute atomic E-state index is 14.6. The van der Waals surface area contributed by atoms with Crippen LogP contribution in [-0.2, 0) is 11.8 Å². The molecule has 5 aromatic rings. The Labute approximate surface area is 227 Å². The van der Waals surface area contributed by atoms with Crippen LogP contribution >= 0.6 is 34.8 Å². The van der Waals surface area contributed by atoms with Crippen molar-refractivity contribution >= 4 is 34.8 Å². The predicted molar refractivity (Wildman–Crippen MR) is 143 cm³/mol. The molecule has 5 nitrogen and oxygen atoms in total. The van der Waals surface area contributed by atoms with E-state index in [-0.39, 0.29) is 11.7 Å². The van der Waals surface area contributed by atoms with Gasteiger partial charge in [0, 0.05) is 26.7 Å². The molecule has 0 N–H and O–H groups in total. The molecule has 2 heterocycles. The Morgan fingerprint density at radius 2 is 1.68 bits per heavy atom. The molecular formula is C28H20Cl3FN4O. The Balaban J connectivity index is 1.52. The van der Waals surface area contributed by atoms with E-state index in [4.69, 9.17) is 44.3 Å². The molecule has 9 heteroatoms. The summed E-state index contributed by atoms with van der Waals surface area (Å²) in [5.74, 6) is 0.385. The van der Waals surface area contributed by atoms with Crippen LogP contribution in [0.25, 0.3) is 28.5 Å². The van der Waals surface area contributed by atoms with Crippen molar-refractivity contribution in [1.82, 2.24) is 20.0 Å². The fourth-order valence-electron chi connectivity index (χ4n) is 4.77. The molecular weight excluding hydrogens is 534 g/mol. The molecule has 0 saturated heterocycles. The third-order valence-corrected chi connectivity index (χ3v) is 7.56. The van der Waals surface area contributed by atoms with Gasteiger partial charge >= 0.3 is 0 Å². The van der Waals surface area contributed by atoms with Gasteiger partial charge < -0.3 is 4.42 Å². The van der Waals surface area contributed by atoms with Crippen molar-refractivity contribution in [2.75, 3.05) is 0 Å². The van der Waals surface area contributed by atoms with E-state index in [0.29, 0.717) is 44.3 Å². The number of nitrogens with zero attached hydrogens (tertiary/aromatic N) is 4. The Hall–Kier alpha value is -3.19. The van der Waals surface area contributed by atoms with E-state index in [9.17, 15) is 4.39 Å². The third-order valence-electron chi connectivity index (χ3n) is 6.77. The van der Waals surface area contributed by atoms with Crippen LogP contribution in [0.3, 0.4) is 0 Å². The standard InChI is InChI=1S/C28H20Cl3FN4O/c1-2-19-24(26-33-34-27(37-26)28(13-14-28)20-5-3-4-6-22(20)32)35-36(23-12-11-18(30)15-21(23)31)25(19)16-7-9-17(29)10-8-16/h3-12,15H,2,13-14H2,1H3. The Kier molecular flexibility index (Phi) is 6.06. The van der Waals surface area contributed by atoms with Gasteiger partial charge in [-0.2, -0.15) is 5.10 Å².